The molecule has 1 saturated heterocycles. The number of carbonyl (C=O) groups is 1. The van der Waals surface area contributed by atoms with E-state index in [2.05, 4.69) is 21.2 Å². The summed E-state index contributed by atoms with van der Waals surface area (Å²) in [5.74, 6) is 0.518. The van der Waals surface area contributed by atoms with Crippen LogP contribution in [0.5, 0.6) is 5.75 Å². The van der Waals surface area contributed by atoms with Gasteiger partial charge in [0.2, 0.25) is 0 Å². The third-order valence-electron chi connectivity index (χ3n) is 2.97. The number of halogens is 2. The second kappa shape index (κ2) is 6.59. The molecule has 1 aliphatic rings. The van der Waals surface area contributed by atoms with Crippen molar-refractivity contribution in [2.75, 3.05) is 26.2 Å². The van der Waals surface area contributed by atoms with Crippen LogP contribution in [0.1, 0.15) is 6.92 Å². The molecule has 2 rings (SSSR count). The van der Waals surface area contributed by atoms with Crippen molar-refractivity contribution in [1.82, 2.24) is 10.2 Å². The molecule has 6 heteroatoms. The summed E-state index contributed by atoms with van der Waals surface area (Å²) in [5.41, 5.74) is 0. The Morgan fingerprint density at radius 2 is 2.16 bits per heavy atom. The first kappa shape index (κ1) is 14.6. The summed E-state index contributed by atoms with van der Waals surface area (Å²) in [4.78, 5) is 14.0. The molecular weight excluding hydrogens is 332 g/mol. The Labute approximate surface area is 126 Å². The van der Waals surface area contributed by atoms with E-state index >= 15 is 0 Å². The molecule has 1 aromatic carbocycles. The summed E-state index contributed by atoms with van der Waals surface area (Å²) in [5, 5.41) is 3.72. The lowest BCUT2D eigenvalue weighted by molar-refractivity contribution is -0.138. The lowest BCUT2D eigenvalue weighted by Crippen LogP contribution is -2.50. The van der Waals surface area contributed by atoms with Crippen molar-refractivity contribution in [3.63, 3.8) is 0 Å². The van der Waals surface area contributed by atoms with Crippen LogP contribution in [0.4, 0.5) is 0 Å². The summed E-state index contributed by atoms with van der Waals surface area (Å²) < 4.78 is 6.54. The predicted octanol–water partition coefficient (Wildman–Crippen LogP) is 2.30. The minimum atomic E-state index is -0.537. The molecular formula is C13H16BrClN2O2. The average molecular weight is 348 g/mol. The molecule has 19 heavy (non-hydrogen) atoms. The van der Waals surface area contributed by atoms with Crippen LogP contribution in [-0.4, -0.2) is 43.1 Å². The number of carbonyl (C=O) groups excluding carboxylic acids is 1. The van der Waals surface area contributed by atoms with E-state index in [0.717, 1.165) is 30.7 Å². The molecule has 1 amide bonds. The fourth-order valence-electron chi connectivity index (χ4n) is 1.95. The number of ether oxygens (including phenoxy) is 1. The van der Waals surface area contributed by atoms with Crippen molar-refractivity contribution >= 4 is 33.4 Å². The second-order valence-electron chi connectivity index (χ2n) is 4.41. The van der Waals surface area contributed by atoms with Crippen LogP contribution in [0, 0.1) is 0 Å². The summed E-state index contributed by atoms with van der Waals surface area (Å²) in [6, 6.07) is 5.34. The Balaban J connectivity index is 2.01. The van der Waals surface area contributed by atoms with Gasteiger partial charge in [0.15, 0.2) is 6.10 Å². The number of hydrogen-bond donors (Lipinski definition) is 1. The fraction of sp³-hybridized carbons (Fsp3) is 0.462. The Morgan fingerprint density at radius 1 is 1.47 bits per heavy atom. The molecule has 0 spiro atoms. The maximum Gasteiger partial charge on any atom is 0.263 e. The van der Waals surface area contributed by atoms with Crippen molar-refractivity contribution in [1.29, 1.82) is 0 Å². The summed E-state index contributed by atoms with van der Waals surface area (Å²) >= 11 is 9.41. The van der Waals surface area contributed by atoms with Crippen LogP contribution in [0.3, 0.4) is 0 Å². The van der Waals surface area contributed by atoms with E-state index in [1.165, 1.54) is 0 Å². The molecule has 1 atom stereocenters. The average Bonchev–Trinajstić information content (AvgIpc) is 2.43. The minimum Gasteiger partial charge on any atom is -0.479 e. The van der Waals surface area contributed by atoms with Gasteiger partial charge in [0, 0.05) is 30.7 Å². The van der Waals surface area contributed by atoms with Gasteiger partial charge in [-0.3, -0.25) is 4.79 Å². The van der Waals surface area contributed by atoms with Gasteiger partial charge in [0.1, 0.15) is 5.75 Å². The Morgan fingerprint density at radius 3 is 2.84 bits per heavy atom. The molecule has 0 bridgehead atoms. The van der Waals surface area contributed by atoms with Gasteiger partial charge in [-0.2, -0.15) is 0 Å². The topological polar surface area (TPSA) is 41.6 Å². The highest BCUT2D eigenvalue weighted by Gasteiger charge is 2.23. The number of benzene rings is 1. The Kier molecular flexibility index (Phi) is 5.07. The fourth-order valence-corrected chi connectivity index (χ4v) is 2.45. The van der Waals surface area contributed by atoms with Gasteiger partial charge in [0.05, 0.1) is 5.02 Å². The molecule has 1 unspecified atom stereocenters. The van der Waals surface area contributed by atoms with Crippen LogP contribution >= 0.6 is 27.5 Å². The third kappa shape index (κ3) is 3.84. The zero-order valence-corrected chi connectivity index (χ0v) is 13.0. The van der Waals surface area contributed by atoms with Crippen molar-refractivity contribution in [3.05, 3.63) is 27.7 Å². The number of piperazine rings is 1. The maximum absolute atomic E-state index is 12.2. The smallest absolute Gasteiger partial charge is 0.263 e. The van der Waals surface area contributed by atoms with Gasteiger partial charge in [-0.15, -0.1) is 0 Å². The molecule has 1 fully saturated rings. The maximum atomic E-state index is 12.2. The molecule has 0 saturated carbocycles. The number of nitrogens with zero attached hydrogens (tertiary/aromatic N) is 1. The van der Waals surface area contributed by atoms with Gasteiger partial charge in [-0.1, -0.05) is 27.5 Å². The number of amides is 1. The lowest BCUT2D eigenvalue weighted by Gasteiger charge is -2.29. The zero-order valence-electron chi connectivity index (χ0n) is 10.7. The molecule has 104 valence electrons. The number of hydrogen-bond acceptors (Lipinski definition) is 3. The molecule has 4 nitrogen and oxygen atoms in total. The number of nitrogens with one attached hydrogen (secondary N) is 1. The standard InChI is InChI=1S/C13H16BrClN2O2/c1-9(13(18)17-6-4-16-5-7-17)19-12-8-10(14)2-3-11(12)15/h2-3,8-9,16H,4-7H2,1H3. The quantitative estimate of drug-likeness (QED) is 0.912. The first-order valence-electron chi connectivity index (χ1n) is 6.19. The molecule has 1 heterocycles. The van der Waals surface area contributed by atoms with Crippen LogP contribution in [-0.2, 0) is 4.79 Å². The first-order chi connectivity index (χ1) is 9.08. The highest BCUT2D eigenvalue weighted by atomic mass is 79.9. The van der Waals surface area contributed by atoms with Crippen molar-refractivity contribution < 1.29 is 9.53 Å². The van der Waals surface area contributed by atoms with Crippen molar-refractivity contribution in [2.45, 2.75) is 13.0 Å². The van der Waals surface area contributed by atoms with E-state index in [1.807, 2.05) is 11.0 Å². The van der Waals surface area contributed by atoms with E-state index in [1.54, 1.807) is 19.1 Å². The largest absolute Gasteiger partial charge is 0.479 e. The van der Waals surface area contributed by atoms with Gasteiger partial charge < -0.3 is 15.0 Å². The SMILES string of the molecule is CC(Oc1cc(Br)ccc1Cl)C(=O)N1CCNCC1. The second-order valence-corrected chi connectivity index (χ2v) is 5.73. The van der Waals surface area contributed by atoms with E-state index in [9.17, 15) is 4.79 Å². The van der Waals surface area contributed by atoms with Gasteiger partial charge in [-0.25, -0.2) is 0 Å². The molecule has 1 aromatic rings. The highest BCUT2D eigenvalue weighted by molar-refractivity contribution is 9.10. The molecule has 1 N–H and O–H groups in total. The monoisotopic (exact) mass is 346 g/mol. The van der Waals surface area contributed by atoms with Crippen LogP contribution in [0.15, 0.2) is 22.7 Å². The molecule has 0 aromatic heterocycles. The molecule has 0 radical (unpaired) electrons. The van der Waals surface area contributed by atoms with Crippen LogP contribution in [0.25, 0.3) is 0 Å². The van der Waals surface area contributed by atoms with Gasteiger partial charge >= 0.3 is 0 Å². The molecule has 0 aliphatic carbocycles. The lowest BCUT2D eigenvalue weighted by atomic mass is 10.2. The van der Waals surface area contributed by atoms with E-state index in [0.29, 0.717) is 10.8 Å². The predicted molar refractivity (Wildman–Crippen MR) is 78.7 cm³/mol. The van der Waals surface area contributed by atoms with Crippen molar-refractivity contribution in [3.8, 4) is 5.75 Å². The first-order valence-corrected chi connectivity index (χ1v) is 7.36. The summed E-state index contributed by atoms with van der Waals surface area (Å²) in [7, 11) is 0. The van der Waals surface area contributed by atoms with Gasteiger partial charge in [-0.05, 0) is 25.1 Å². The normalized spacial score (nSPS) is 17.1. The van der Waals surface area contributed by atoms with E-state index < -0.39 is 6.10 Å². The Hall–Kier alpha value is -0.780. The third-order valence-corrected chi connectivity index (χ3v) is 3.78. The van der Waals surface area contributed by atoms with Crippen LogP contribution < -0.4 is 10.1 Å². The zero-order chi connectivity index (χ0) is 13.8. The summed E-state index contributed by atoms with van der Waals surface area (Å²) in [6.45, 7) is 4.85. The summed E-state index contributed by atoms with van der Waals surface area (Å²) in [6.07, 6.45) is -0.537. The van der Waals surface area contributed by atoms with Gasteiger partial charge in [0.25, 0.3) is 5.91 Å². The van der Waals surface area contributed by atoms with Crippen molar-refractivity contribution in [2.24, 2.45) is 0 Å². The number of rotatable bonds is 3. The van der Waals surface area contributed by atoms with Crippen LogP contribution in [0.2, 0.25) is 5.02 Å². The minimum absolute atomic E-state index is 0.00228. The Bertz CT molecular complexity index is 464. The molecule has 1 aliphatic heterocycles. The van der Waals surface area contributed by atoms with E-state index in [-0.39, 0.29) is 5.91 Å². The van der Waals surface area contributed by atoms with E-state index in [4.69, 9.17) is 16.3 Å². The highest BCUT2D eigenvalue weighted by Crippen LogP contribution is 2.28.